The van der Waals surface area contributed by atoms with Gasteiger partial charge in [0.05, 0.1) is 31.5 Å². The standard InChI is InChI=1S/C16H15N3O3/c1-21-14-9-5-6-11(15(14)22-2)10-17-19-13-8-4-3-7-12(13)18-16(19)20/h3-10H,1-2H3,(H,18,20)/b17-10+. The van der Waals surface area contributed by atoms with Crippen LogP contribution >= 0.6 is 0 Å². The molecule has 6 heteroatoms. The number of imidazole rings is 1. The Morgan fingerprint density at radius 3 is 2.68 bits per heavy atom. The number of H-pyrrole nitrogens is 1. The lowest BCUT2D eigenvalue weighted by Crippen LogP contribution is -2.12. The number of aromatic amines is 1. The Labute approximate surface area is 126 Å². The van der Waals surface area contributed by atoms with Gasteiger partial charge in [-0.1, -0.05) is 18.2 Å². The molecule has 1 aromatic heterocycles. The summed E-state index contributed by atoms with van der Waals surface area (Å²) in [5.41, 5.74) is 1.88. The van der Waals surface area contributed by atoms with E-state index in [0.29, 0.717) is 17.0 Å². The van der Waals surface area contributed by atoms with Crippen molar-refractivity contribution in [3.05, 3.63) is 58.5 Å². The van der Waals surface area contributed by atoms with E-state index >= 15 is 0 Å². The van der Waals surface area contributed by atoms with Crippen molar-refractivity contribution in [2.75, 3.05) is 14.2 Å². The van der Waals surface area contributed by atoms with E-state index in [1.54, 1.807) is 26.5 Å². The molecule has 0 aliphatic rings. The van der Waals surface area contributed by atoms with Crippen LogP contribution in [-0.2, 0) is 0 Å². The van der Waals surface area contributed by atoms with Gasteiger partial charge in [0.1, 0.15) is 0 Å². The van der Waals surface area contributed by atoms with E-state index in [1.807, 2.05) is 36.4 Å². The lowest BCUT2D eigenvalue weighted by molar-refractivity contribution is 0.354. The van der Waals surface area contributed by atoms with Crippen LogP contribution in [0.1, 0.15) is 5.56 Å². The van der Waals surface area contributed by atoms with Crippen LogP contribution in [0.15, 0.2) is 52.4 Å². The van der Waals surface area contributed by atoms with Crippen molar-refractivity contribution in [2.45, 2.75) is 0 Å². The second kappa shape index (κ2) is 5.77. The maximum atomic E-state index is 12.0. The van der Waals surface area contributed by atoms with Gasteiger partial charge in [-0.25, -0.2) is 4.79 Å². The zero-order chi connectivity index (χ0) is 15.5. The number of nitrogens with zero attached hydrogens (tertiary/aromatic N) is 2. The predicted octanol–water partition coefficient (Wildman–Crippen LogP) is 2.23. The molecule has 0 radical (unpaired) electrons. The molecular formula is C16H15N3O3. The smallest absolute Gasteiger partial charge is 0.347 e. The molecule has 3 rings (SSSR count). The number of methoxy groups -OCH3 is 2. The molecule has 0 amide bonds. The fourth-order valence-corrected chi connectivity index (χ4v) is 2.29. The molecule has 0 aliphatic carbocycles. The highest BCUT2D eigenvalue weighted by Crippen LogP contribution is 2.29. The summed E-state index contributed by atoms with van der Waals surface area (Å²) in [5.74, 6) is 1.18. The molecule has 0 atom stereocenters. The summed E-state index contributed by atoms with van der Waals surface area (Å²) < 4.78 is 11.9. The van der Waals surface area contributed by atoms with Crippen LogP contribution < -0.4 is 15.2 Å². The summed E-state index contributed by atoms with van der Waals surface area (Å²) in [6.45, 7) is 0. The second-order valence-electron chi connectivity index (χ2n) is 4.59. The number of hydrogen-bond donors (Lipinski definition) is 1. The van der Waals surface area contributed by atoms with Crippen molar-refractivity contribution in [2.24, 2.45) is 5.10 Å². The topological polar surface area (TPSA) is 68.6 Å². The molecule has 6 nitrogen and oxygen atoms in total. The fraction of sp³-hybridized carbons (Fsp3) is 0.125. The van der Waals surface area contributed by atoms with Crippen molar-refractivity contribution >= 4 is 17.2 Å². The van der Waals surface area contributed by atoms with Crippen LogP contribution in [0.2, 0.25) is 0 Å². The number of benzene rings is 2. The normalized spacial score (nSPS) is 11.2. The monoisotopic (exact) mass is 297 g/mol. The van der Waals surface area contributed by atoms with Crippen molar-refractivity contribution < 1.29 is 9.47 Å². The Morgan fingerprint density at radius 2 is 1.91 bits per heavy atom. The first kappa shape index (κ1) is 13.9. The summed E-state index contributed by atoms with van der Waals surface area (Å²) in [4.78, 5) is 14.7. The van der Waals surface area contributed by atoms with Crippen LogP contribution in [0.25, 0.3) is 11.0 Å². The predicted molar refractivity (Wildman–Crippen MR) is 85.1 cm³/mol. The molecule has 0 spiro atoms. The number of nitrogens with one attached hydrogen (secondary N) is 1. The summed E-state index contributed by atoms with van der Waals surface area (Å²) in [6, 6.07) is 12.8. The van der Waals surface area contributed by atoms with Gasteiger partial charge in [-0.3, -0.25) is 0 Å². The Balaban J connectivity index is 2.07. The maximum absolute atomic E-state index is 12.0. The summed E-state index contributed by atoms with van der Waals surface area (Å²) in [7, 11) is 3.13. The molecule has 1 N–H and O–H groups in total. The van der Waals surface area contributed by atoms with E-state index in [4.69, 9.17) is 9.47 Å². The summed E-state index contributed by atoms with van der Waals surface area (Å²) >= 11 is 0. The number of ether oxygens (including phenoxy) is 2. The molecule has 3 aromatic rings. The summed E-state index contributed by atoms with van der Waals surface area (Å²) in [6.07, 6.45) is 1.57. The highest BCUT2D eigenvalue weighted by Gasteiger charge is 2.08. The van der Waals surface area contributed by atoms with Crippen molar-refractivity contribution in [1.82, 2.24) is 9.66 Å². The highest BCUT2D eigenvalue weighted by atomic mass is 16.5. The average molecular weight is 297 g/mol. The van der Waals surface area contributed by atoms with Gasteiger partial charge in [0.2, 0.25) is 0 Å². The van der Waals surface area contributed by atoms with Crippen LogP contribution in [0.5, 0.6) is 11.5 Å². The molecule has 2 aromatic carbocycles. The first-order chi connectivity index (χ1) is 10.7. The first-order valence-corrected chi connectivity index (χ1v) is 6.69. The van der Waals surface area contributed by atoms with Gasteiger partial charge in [-0.05, 0) is 24.3 Å². The van der Waals surface area contributed by atoms with Crippen LogP contribution in [0.3, 0.4) is 0 Å². The molecule has 0 unspecified atom stereocenters. The van der Waals surface area contributed by atoms with Gasteiger partial charge >= 0.3 is 5.69 Å². The highest BCUT2D eigenvalue weighted by molar-refractivity contribution is 5.85. The van der Waals surface area contributed by atoms with Gasteiger partial charge in [0.15, 0.2) is 11.5 Å². The van der Waals surface area contributed by atoms with Crippen molar-refractivity contribution in [3.8, 4) is 11.5 Å². The molecular weight excluding hydrogens is 282 g/mol. The Hall–Kier alpha value is -3.02. The number of aromatic nitrogens is 2. The number of para-hydroxylation sites is 3. The van der Waals surface area contributed by atoms with Crippen molar-refractivity contribution in [1.29, 1.82) is 0 Å². The largest absolute Gasteiger partial charge is 0.493 e. The molecule has 0 bridgehead atoms. The maximum Gasteiger partial charge on any atom is 0.347 e. The minimum absolute atomic E-state index is 0.292. The van der Waals surface area contributed by atoms with Gasteiger partial charge in [0, 0.05) is 5.56 Å². The van der Waals surface area contributed by atoms with Crippen molar-refractivity contribution in [3.63, 3.8) is 0 Å². The van der Waals surface area contributed by atoms with E-state index in [1.165, 1.54) is 4.68 Å². The van der Waals surface area contributed by atoms with Gasteiger partial charge in [0.25, 0.3) is 0 Å². The minimum atomic E-state index is -0.292. The third kappa shape index (κ3) is 2.35. The SMILES string of the molecule is COc1cccc(/C=N/n2c(=O)[nH]c3ccccc32)c1OC. The van der Waals surface area contributed by atoms with Gasteiger partial charge < -0.3 is 14.5 Å². The molecule has 0 fully saturated rings. The second-order valence-corrected chi connectivity index (χ2v) is 4.59. The molecule has 0 saturated heterocycles. The van der Waals surface area contributed by atoms with Crippen LogP contribution in [0, 0.1) is 0 Å². The lowest BCUT2D eigenvalue weighted by Gasteiger charge is -2.09. The molecule has 0 saturated carbocycles. The van der Waals surface area contributed by atoms with Crippen LogP contribution in [-0.4, -0.2) is 30.1 Å². The Morgan fingerprint density at radius 1 is 1.09 bits per heavy atom. The Bertz CT molecular complexity index is 893. The fourth-order valence-electron chi connectivity index (χ4n) is 2.29. The van der Waals surface area contributed by atoms with E-state index in [-0.39, 0.29) is 5.69 Å². The number of hydrogen-bond acceptors (Lipinski definition) is 4. The van der Waals surface area contributed by atoms with Gasteiger partial charge in [-0.15, -0.1) is 0 Å². The first-order valence-electron chi connectivity index (χ1n) is 6.69. The van der Waals surface area contributed by atoms with E-state index in [2.05, 4.69) is 10.1 Å². The third-order valence-electron chi connectivity index (χ3n) is 3.31. The van der Waals surface area contributed by atoms with E-state index in [9.17, 15) is 4.79 Å². The van der Waals surface area contributed by atoms with Crippen LogP contribution in [0.4, 0.5) is 0 Å². The molecule has 22 heavy (non-hydrogen) atoms. The minimum Gasteiger partial charge on any atom is -0.493 e. The van der Waals surface area contributed by atoms with E-state index in [0.717, 1.165) is 11.1 Å². The third-order valence-corrected chi connectivity index (χ3v) is 3.31. The number of fused-ring (bicyclic) bond motifs is 1. The molecule has 1 heterocycles. The van der Waals surface area contributed by atoms with E-state index < -0.39 is 0 Å². The number of rotatable bonds is 4. The van der Waals surface area contributed by atoms with Gasteiger partial charge in [-0.2, -0.15) is 9.78 Å². The zero-order valence-electron chi connectivity index (χ0n) is 12.2. The average Bonchev–Trinajstić information content (AvgIpc) is 2.87. The molecule has 112 valence electrons. The molecule has 0 aliphatic heterocycles. The zero-order valence-corrected chi connectivity index (χ0v) is 12.2. The lowest BCUT2D eigenvalue weighted by atomic mass is 10.2. The Kier molecular flexibility index (Phi) is 3.65. The quantitative estimate of drug-likeness (QED) is 0.751. The summed E-state index contributed by atoms with van der Waals surface area (Å²) in [5, 5.41) is 4.26.